The van der Waals surface area contributed by atoms with E-state index in [1.165, 1.54) is 16.8 Å². The Morgan fingerprint density at radius 3 is 2.43 bits per heavy atom. The van der Waals surface area contributed by atoms with E-state index in [1.54, 1.807) is 4.57 Å². The van der Waals surface area contributed by atoms with E-state index in [2.05, 4.69) is 20.3 Å². The van der Waals surface area contributed by atoms with Crippen LogP contribution in [-0.4, -0.2) is 51.4 Å². The molecule has 3 rings (SSSR count). The highest BCUT2D eigenvalue weighted by atomic mass is 32.2. The second kappa shape index (κ2) is 7.66. The van der Waals surface area contributed by atoms with Crippen LogP contribution in [0.1, 0.15) is 38.4 Å². The maximum Gasteiger partial charge on any atom is 0.433 e. The molecule has 0 atom stereocenters. The van der Waals surface area contributed by atoms with E-state index in [0.29, 0.717) is 12.8 Å². The van der Waals surface area contributed by atoms with Gasteiger partial charge < -0.3 is 9.88 Å². The molecule has 1 aliphatic heterocycles. The zero-order valence-corrected chi connectivity index (χ0v) is 16.2. The topological polar surface area (TPSA) is 93.0 Å². The Hall–Kier alpha value is -2.21. The Balaban J connectivity index is 1.63. The van der Waals surface area contributed by atoms with Crippen molar-refractivity contribution in [3.8, 4) is 0 Å². The average Bonchev–Trinajstić information content (AvgIpc) is 3.13. The van der Waals surface area contributed by atoms with Gasteiger partial charge in [-0.2, -0.15) is 17.5 Å². The summed E-state index contributed by atoms with van der Waals surface area (Å²) in [5.41, 5.74) is -1.02. The Morgan fingerprint density at radius 2 is 1.86 bits per heavy atom. The molecule has 154 valence electrons. The van der Waals surface area contributed by atoms with Crippen molar-refractivity contribution in [2.45, 2.75) is 50.0 Å². The minimum atomic E-state index is -4.55. The molecule has 3 heterocycles. The summed E-state index contributed by atoms with van der Waals surface area (Å²) in [6, 6.07) is 0.762. The molecule has 8 nitrogen and oxygen atoms in total. The second-order valence-corrected chi connectivity index (χ2v) is 8.75. The van der Waals surface area contributed by atoms with Crippen molar-refractivity contribution >= 4 is 15.8 Å². The van der Waals surface area contributed by atoms with E-state index in [4.69, 9.17) is 0 Å². The monoisotopic (exact) mass is 418 g/mol. The number of rotatable bonds is 5. The molecular weight excluding hydrogens is 397 g/mol. The van der Waals surface area contributed by atoms with Gasteiger partial charge in [0.1, 0.15) is 17.8 Å². The fourth-order valence-electron chi connectivity index (χ4n) is 2.91. The zero-order chi connectivity index (χ0) is 20.5. The van der Waals surface area contributed by atoms with Crippen LogP contribution < -0.4 is 5.32 Å². The van der Waals surface area contributed by atoms with Crippen LogP contribution in [0.4, 0.5) is 19.0 Å². The molecule has 0 bridgehead atoms. The lowest BCUT2D eigenvalue weighted by molar-refractivity contribution is -0.141. The lowest BCUT2D eigenvalue weighted by Gasteiger charge is -2.31. The average molecular weight is 418 g/mol. The van der Waals surface area contributed by atoms with Crippen LogP contribution in [0.3, 0.4) is 0 Å². The smallest absolute Gasteiger partial charge is 0.367 e. The number of nitrogens with one attached hydrogen (secondary N) is 1. The lowest BCUT2D eigenvalue weighted by atomic mass is 10.1. The molecule has 1 fully saturated rings. The fraction of sp³-hybridized carbons (Fsp3) is 0.562. The Morgan fingerprint density at radius 1 is 1.18 bits per heavy atom. The molecule has 2 aromatic rings. The first-order valence-corrected chi connectivity index (χ1v) is 10.2. The highest BCUT2D eigenvalue weighted by Gasteiger charge is 2.34. The third-order valence-electron chi connectivity index (χ3n) is 4.54. The van der Waals surface area contributed by atoms with Crippen LogP contribution in [-0.2, 0) is 16.2 Å². The first kappa shape index (κ1) is 20.5. The van der Waals surface area contributed by atoms with Crippen molar-refractivity contribution in [2.24, 2.45) is 0 Å². The van der Waals surface area contributed by atoms with Crippen molar-refractivity contribution in [1.82, 2.24) is 23.8 Å². The van der Waals surface area contributed by atoms with Crippen LogP contribution in [0, 0.1) is 0 Å². The number of alkyl halides is 3. The first-order valence-electron chi connectivity index (χ1n) is 8.77. The Kier molecular flexibility index (Phi) is 5.62. The molecule has 2 aromatic heterocycles. The molecule has 1 N–H and O–H groups in total. The van der Waals surface area contributed by atoms with E-state index in [0.717, 1.165) is 12.4 Å². The minimum absolute atomic E-state index is 0.00164. The van der Waals surface area contributed by atoms with Gasteiger partial charge in [0.2, 0.25) is 0 Å². The van der Waals surface area contributed by atoms with E-state index in [1.807, 2.05) is 13.8 Å². The predicted molar refractivity (Wildman–Crippen MR) is 95.0 cm³/mol. The Bertz CT molecular complexity index is 920. The normalized spacial score (nSPS) is 17.2. The maximum atomic E-state index is 12.7. The van der Waals surface area contributed by atoms with Gasteiger partial charge in [-0.15, -0.1) is 0 Å². The van der Waals surface area contributed by atoms with Crippen LogP contribution in [0.15, 0.2) is 29.9 Å². The van der Waals surface area contributed by atoms with Gasteiger partial charge in [-0.25, -0.2) is 23.4 Å². The van der Waals surface area contributed by atoms with Crippen LogP contribution in [0.2, 0.25) is 0 Å². The molecule has 28 heavy (non-hydrogen) atoms. The number of hydrogen-bond donors (Lipinski definition) is 1. The fourth-order valence-corrected chi connectivity index (χ4v) is 4.30. The van der Waals surface area contributed by atoms with Gasteiger partial charge in [-0.1, -0.05) is 0 Å². The molecule has 1 aliphatic rings. The zero-order valence-electron chi connectivity index (χ0n) is 15.4. The largest absolute Gasteiger partial charge is 0.433 e. The van der Waals surface area contributed by atoms with Gasteiger partial charge in [0.15, 0.2) is 5.03 Å². The van der Waals surface area contributed by atoms with Crippen molar-refractivity contribution in [2.75, 3.05) is 18.4 Å². The molecule has 12 heteroatoms. The van der Waals surface area contributed by atoms with E-state index >= 15 is 0 Å². The summed E-state index contributed by atoms with van der Waals surface area (Å²) in [6.07, 6.45) is 0.181. The second-order valence-electron chi connectivity index (χ2n) is 6.86. The van der Waals surface area contributed by atoms with Crippen molar-refractivity contribution in [3.05, 3.63) is 30.6 Å². The highest BCUT2D eigenvalue weighted by molar-refractivity contribution is 7.89. The van der Waals surface area contributed by atoms with Gasteiger partial charge >= 0.3 is 6.18 Å². The first-order chi connectivity index (χ1) is 13.1. The molecule has 0 spiro atoms. The number of nitrogens with zero attached hydrogens (tertiary/aromatic N) is 5. The van der Waals surface area contributed by atoms with Gasteiger partial charge in [0.05, 0.1) is 6.33 Å². The molecule has 1 saturated heterocycles. The molecule has 0 amide bonds. The summed E-state index contributed by atoms with van der Waals surface area (Å²) in [4.78, 5) is 11.0. The molecule has 0 aromatic carbocycles. The standard InChI is InChI=1S/C16H21F3N6O2S/c1-11(2)24-8-15(22-10-24)28(26,27)25-5-3-12(4-6-25)23-14-7-13(16(17,18)19)20-9-21-14/h7-12H,3-6H2,1-2H3,(H,20,21,23). The summed E-state index contributed by atoms with van der Waals surface area (Å²) >= 11 is 0. The maximum absolute atomic E-state index is 12.7. The summed E-state index contributed by atoms with van der Waals surface area (Å²) in [6.45, 7) is 4.33. The summed E-state index contributed by atoms with van der Waals surface area (Å²) in [5, 5.41) is 2.93. The van der Waals surface area contributed by atoms with Crippen molar-refractivity contribution in [1.29, 1.82) is 0 Å². The Labute approximate surface area is 160 Å². The number of anilines is 1. The summed E-state index contributed by atoms with van der Waals surface area (Å²) in [5.74, 6) is 0.0688. The van der Waals surface area contributed by atoms with Crippen molar-refractivity contribution < 1.29 is 21.6 Å². The van der Waals surface area contributed by atoms with Gasteiger partial charge in [0, 0.05) is 37.4 Å². The van der Waals surface area contributed by atoms with Gasteiger partial charge in [0.25, 0.3) is 10.0 Å². The van der Waals surface area contributed by atoms with Crippen LogP contribution in [0.25, 0.3) is 0 Å². The van der Waals surface area contributed by atoms with Crippen LogP contribution >= 0.6 is 0 Å². The third-order valence-corrected chi connectivity index (χ3v) is 6.33. The minimum Gasteiger partial charge on any atom is -0.367 e. The molecule has 0 radical (unpaired) electrons. The summed E-state index contributed by atoms with van der Waals surface area (Å²) < 4.78 is 66.7. The molecule has 0 aliphatic carbocycles. The van der Waals surface area contributed by atoms with E-state index < -0.39 is 21.9 Å². The van der Waals surface area contributed by atoms with E-state index in [-0.39, 0.29) is 36.0 Å². The van der Waals surface area contributed by atoms with Gasteiger partial charge in [-0.3, -0.25) is 0 Å². The van der Waals surface area contributed by atoms with Gasteiger partial charge in [-0.05, 0) is 26.7 Å². The quantitative estimate of drug-likeness (QED) is 0.802. The SMILES string of the molecule is CC(C)n1cnc(S(=O)(=O)N2CCC(Nc3cc(C(F)(F)F)ncn3)CC2)c1. The van der Waals surface area contributed by atoms with Crippen LogP contribution in [0.5, 0.6) is 0 Å². The molecule has 0 unspecified atom stereocenters. The summed E-state index contributed by atoms with van der Waals surface area (Å²) in [7, 11) is -3.70. The van der Waals surface area contributed by atoms with Crippen molar-refractivity contribution in [3.63, 3.8) is 0 Å². The number of sulfonamides is 1. The predicted octanol–water partition coefficient (Wildman–Crippen LogP) is 2.54. The number of piperidine rings is 1. The number of aromatic nitrogens is 4. The third kappa shape index (κ3) is 4.43. The lowest BCUT2D eigenvalue weighted by Crippen LogP contribution is -2.42. The molecular formula is C16H21F3N6O2S. The molecule has 0 saturated carbocycles. The van der Waals surface area contributed by atoms with E-state index in [9.17, 15) is 21.6 Å². The number of hydrogen-bond acceptors (Lipinski definition) is 6. The number of halogens is 3. The highest BCUT2D eigenvalue weighted by Crippen LogP contribution is 2.29. The number of imidazole rings is 1.